The van der Waals surface area contributed by atoms with Gasteiger partial charge in [0.2, 0.25) is 11.8 Å². The first-order chi connectivity index (χ1) is 35.2. The molecule has 10 unspecified atom stereocenters. The minimum absolute atomic E-state index is 0.00860. The molecule has 3 saturated heterocycles. The molecule has 7 aliphatic carbocycles. The summed E-state index contributed by atoms with van der Waals surface area (Å²) in [5.74, 6) is 4.11. The lowest BCUT2D eigenvalue weighted by Gasteiger charge is -2.53. The molecule has 10 rings (SSSR count). The molecule has 0 aromatic rings. The van der Waals surface area contributed by atoms with Crippen LogP contribution in [0.2, 0.25) is 0 Å². The first kappa shape index (κ1) is 52.4. The van der Waals surface area contributed by atoms with E-state index in [9.17, 15) is 9.90 Å². The molecule has 10 aliphatic rings. The van der Waals surface area contributed by atoms with Crippen LogP contribution < -0.4 is 0 Å². The quantitative estimate of drug-likeness (QED) is 0.113. The van der Waals surface area contributed by atoms with Gasteiger partial charge in [0.05, 0.1) is 55.4 Å². The van der Waals surface area contributed by atoms with Crippen molar-refractivity contribution in [3.8, 4) is 11.8 Å². The number of aliphatic hydroxyl groups is 1. The van der Waals surface area contributed by atoms with E-state index >= 15 is 14.4 Å². The van der Waals surface area contributed by atoms with E-state index in [1.165, 1.54) is 29.7 Å². The summed E-state index contributed by atoms with van der Waals surface area (Å²) in [7, 11) is 5.07. The van der Waals surface area contributed by atoms with Crippen molar-refractivity contribution in [2.75, 3.05) is 60.8 Å². The average molecular weight is 1000 g/mol. The van der Waals surface area contributed by atoms with Gasteiger partial charge in [-0.05, 0) is 143 Å². The van der Waals surface area contributed by atoms with Gasteiger partial charge >= 0.3 is 12.1 Å². The van der Waals surface area contributed by atoms with Gasteiger partial charge in [0.25, 0.3) is 0 Å². The second-order valence-corrected chi connectivity index (χ2v) is 24.2. The number of ether oxygens (including phenoxy) is 6. The fraction of sp³-hybridized carbons (Fsp3) is 0.864. The minimum atomic E-state index is -1.45. The Labute approximate surface area is 430 Å². The highest BCUT2D eigenvalue weighted by molar-refractivity contribution is 6.03. The number of hydrogen-bond donors (Lipinski definition) is 1. The summed E-state index contributed by atoms with van der Waals surface area (Å²) in [6.45, 7) is 1.26. The van der Waals surface area contributed by atoms with Crippen LogP contribution in [0.1, 0.15) is 154 Å². The Morgan fingerprint density at radius 1 is 0.750 bits per heavy atom. The van der Waals surface area contributed by atoms with Gasteiger partial charge in [0.15, 0.2) is 0 Å². The van der Waals surface area contributed by atoms with E-state index in [1.54, 1.807) is 21.3 Å². The predicted molar refractivity (Wildman–Crippen MR) is 270 cm³/mol. The Hall–Kier alpha value is -3.02. The monoisotopic (exact) mass is 1000 g/mol. The smallest absolute Gasteiger partial charge is 0.416 e. The van der Waals surface area contributed by atoms with Crippen LogP contribution in [-0.2, 0) is 42.8 Å². The SMILES string of the molecule is COCCOC(=O)N1C(=O)[C@@]2(C3CC(C#CC4=CCCCC4)CCC31)[C@H](C1CCCCC1OCCO)C1[C@H](C3CCCCC3)[C@H](C3CCCCC3)OC(=O)[C@H]1[C@@H]2C(=O)N1CCC2CC(OC)C(OC)CC2C1. The van der Waals surface area contributed by atoms with Crippen LogP contribution in [-0.4, -0.2) is 130 Å². The van der Waals surface area contributed by atoms with E-state index in [0.29, 0.717) is 38.3 Å². The molecule has 0 bridgehead atoms. The topological polar surface area (TPSA) is 150 Å². The largest absolute Gasteiger partial charge is 0.462 e. The van der Waals surface area contributed by atoms with Crippen molar-refractivity contribution in [1.82, 2.24) is 9.80 Å². The third kappa shape index (κ3) is 9.86. The fourth-order valence-electron chi connectivity index (χ4n) is 17.9. The number of piperidine rings is 1. The number of rotatable bonds is 12. The zero-order chi connectivity index (χ0) is 49.9. The summed E-state index contributed by atoms with van der Waals surface area (Å²) in [6, 6.07) is -0.534. The Balaban J connectivity index is 1.17. The van der Waals surface area contributed by atoms with Gasteiger partial charge in [0, 0.05) is 52.3 Å². The number of aliphatic hydroxyl groups excluding tert-OH is 1. The Kier molecular flexibility index (Phi) is 17.1. The average Bonchev–Trinajstić information content (AvgIpc) is 3.88. The zero-order valence-electron chi connectivity index (χ0n) is 44.0. The normalized spacial score (nSPS) is 40.6. The van der Waals surface area contributed by atoms with Gasteiger partial charge in [-0.3, -0.25) is 14.4 Å². The third-order valence-electron chi connectivity index (χ3n) is 20.9. The van der Waals surface area contributed by atoms with Gasteiger partial charge in [-0.25, -0.2) is 9.69 Å². The molecule has 16 atom stereocenters. The number of methoxy groups -OCH3 is 3. The maximum atomic E-state index is 17.1. The number of esters is 1. The van der Waals surface area contributed by atoms with Crippen LogP contribution in [0.5, 0.6) is 0 Å². The second-order valence-electron chi connectivity index (χ2n) is 24.2. The van der Waals surface area contributed by atoms with Crippen molar-refractivity contribution in [2.45, 2.75) is 185 Å². The number of nitrogens with zero attached hydrogens (tertiary/aromatic N) is 2. The fourth-order valence-corrected chi connectivity index (χ4v) is 17.9. The molecular weight excluding hydrogens is 913 g/mol. The Morgan fingerprint density at radius 3 is 2.18 bits per heavy atom. The minimum Gasteiger partial charge on any atom is -0.462 e. The molecule has 72 heavy (non-hydrogen) atoms. The van der Waals surface area contributed by atoms with Crippen molar-refractivity contribution in [3.05, 3.63) is 11.6 Å². The number of cyclic esters (lactones) is 1. The van der Waals surface area contributed by atoms with Gasteiger partial charge in [-0.2, -0.15) is 0 Å². The van der Waals surface area contributed by atoms with E-state index in [4.69, 9.17) is 28.4 Å². The highest BCUT2D eigenvalue weighted by Gasteiger charge is 2.80. The number of amides is 3. The first-order valence-corrected chi connectivity index (χ1v) is 29.2. The highest BCUT2D eigenvalue weighted by atomic mass is 16.6. The molecule has 400 valence electrons. The van der Waals surface area contributed by atoms with Gasteiger partial charge in [-0.15, -0.1) is 0 Å². The zero-order valence-corrected chi connectivity index (χ0v) is 44.0. The van der Waals surface area contributed by atoms with Crippen LogP contribution in [0.25, 0.3) is 0 Å². The Bertz CT molecular complexity index is 2010. The second kappa shape index (κ2) is 23.5. The maximum Gasteiger partial charge on any atom is 0.416 e. The molecule has 3 amide bonds. The summed E-state index contributed by atoms with van der Waals surface area (Å²) >= 11 is 0. The molecular formula is C59H88N2O11. The van der Waals surface area contributed by atoms with Crippen LogP contribution in [0.4, 0.5) is 4.79 Å². The number of carbonyl (C=O) groups is 4. The third-order valence-corrected chi connectivity index (χ3v) is 20.9. The first-order valence-electron chi connectivity index (χ1n) is 29.2. The Morgan fingerprint density at radius 2 is 1.47 bits per heavy atom. The van der Waals surface area contributed by atoms with Crippen molar-refractivity contribution in [2.24, 2.45) is 76.4 Å². The molecule has 0 aromatic heterocycles. The van der Waals surface area contributed by atoms with E-state index in [2.05, 4.69) is 17.9 Å². The molecule has 0 radical (unpaired) electrons. The van der Waals surface area contributed by atoms with E-state index in [0.717, 1.165) is 116 Å². The van der Waals surface area contributed by atoms with Crippen LogP contribution in [0.3, 0.4) is 0 Å². The van der Waals surface area contributed by atoms with Crippen molar-refractivity contribution in [1.29, 1.82) is 0 Å². The lowest BCUT2D eigenvalue weighted by Crippen LogP contribution is -2.58. The summed E-state index contributed by atoms with van der Waals surface area (Å²) in [4.78, 5) is 68.3. The summed E-state index contributed by atoms with van der Waals surface area (Å²) < 4.78 is 37.2. The number of fused-ring (bicyclic) bond motifs is 4. The summed E-state index contributed by atoms with van der Waals surface area (Å²) in [5, 5.41) is 10.3. The molecule has 3 aliphatic heterocycles. The predicted octanol–water partition coefficient (Wildman–Crippen LogP) is 8.92. The number of carbonyl (C=O) groups excluding carboxylic acids is 4. The summed E-state index contributed by atoms with van der Waals surface area (Å²) in [6.07, 6.45) is 23.7. The van der Waals surface area contributed by atoms with E-state index < -0.39 is 41.2 Å². The highest BCUT2D eigenvalue weighted by Crippen LogP contribution is 2.73. The van der Waals surface area contributed by atoms with Crippen molar-refractivity contribution in [3.63, 3.8) is 0 Å². The molecule has 6 saturated carbocycles. The van der Waals surface area contributed by atoms with Crippen molar-refractivity contribution >= 4 is 23.9 Å². The molecule has 13 heteroatoms. The molecule has 9 fully saturated rings. The molecule has 0 aromatic carbocycles. The molecule has 3 heterocycles. The maximum absolute atomic E-state index is 17.1. The van der Waals surface area contributed by atoms with Gasteiger partial charge < -0.3 is 38.4 Å². The lowest BCUT2D eigenvalue weighted by atomic mass is 9.52. The standard InChI is InChI=1S/C59H88N2O11/c1-67-31-32-71-58(66)61-45-26-25-38(24-23-37-15-7-4-8-16-37)33-44(45)59(57(61)65)52(43-21-13-14-22-46(43)70-30-29-62)50-49(39-17-9-5-10-18-39)54(40-19-11-6-12-20-40)72-56(64)51(50)53(59)55(63)60-28-27-41-34-47(68-2)48(69-3)35-42(41)36-60/h15,38-54,62H,4-14,16-22,25-36H2,1-3H3/t38?,41?,42?,43?,44?,45?,46?,47?,48?,49-,50?,51+,52+,53+,54-,59-/m0/s1. The molecule has 1 N–H and O–H groups in total. The number of allylic oxidation sites excluding steroid dienone is 2. The summed E-state index contributed by atoms with van der Waals surface area (Å²) in [5.41, 5.74) is -0.268. The van der Waals surface area contributed by atoms with Crippen LogP contribution in [0.15, 0.2) is 11.6 Å². The van der Waals surface area contributed by atoms with E-state index in [1.807, 2.05) is 4.90 Å². The van der Waals surface area contributed by atoms with Crippen molar-refractivity contribution < 1.29 is 52.7 Å². The lowest BCUT2D eigenvalue weighted by molar-refractivity contribution is -0.191. The number of imide groups is 1. The molecule has 1 spiro atoms. The number of hydrogen-bond acceptors (Lipinski definition) is 11. The van der Waals surface area contributed by atoms with E-state index in [-0.39, 0.29) is 110 Å². The van der Waals surface area contributed by atoms with Gasteiger partial charge in [0.1, 0.15) is 12.7 Å². The number of likely N-dealkylation sites (tertiary alicyclic amines) is 2. The van der Waals surface area contributed by atoms with Gasteiger partial charge in [-0.1, -0.05) is 82.1 Å². The van der Waals surface area contributed by atoms with Crippen LogP contribution in [0, 0.1) is 88.3 Å². The molecule has 13 nitrogen and oxygen atoms in total. The van der Waals surface area contributed by atoms with Crippen LogP contribution >= 0.6 is 0 Å².